The van der Waals surface area contributed by atoms with Crippen molar-refractivity contribution in [1.29, 1.82) is 5.41 Å². The number of carbonyl (C=O) groups excluding carboxylic acids is 1. The maximum absolute atomic E-state index is 12.2. The van der Waals surface area contributed by atoms with E-state index in [1.165, 1.54) is 0 Å². The van der Waals surface area contributed by atoms with Crippen molar-refractivity contribution in [2.45, 2.75) is 33.4 Å². The van der Waals surface area contributed by atoms with E-state index in [2.05, 4.69) is 15.3 Å². The number of rotatable bonds is 6. The first kappa shape index (κ1) is 22.1. The summed E-state index contributed by atoms with van der Waals surface area (Å²) in [6.45, 7) is 6.08. The number of hydrogen-bond donors (Lipinski definition) is 3. The fourth-order valence-electron chi connectivity index (χ4n) is 3.41. The van der Waals surface area contributed by atoms with E-state index in [1.54, 1.807) is 18.2 Å². The molecule has 4 rings (SSSR count). The molecule has 4 aromatic rings. The topological polar surface area (TPSA) is 100 Å². The molecule has 0 saturated heterocycles. The third-order valence-electron chi connectivity index (χ3n) is 5.05. The van der Waals surface area contributed by atoms with Gasteiger partial charge in [0.25, 0.3) is 0 Å². The average Bonchev–Trinajstić information content (AvgIpc) is 3.23. The van der Waals surface area contributed by atoms with E-state index in [0.717, 1.165) is 39.3 Å². The molecule has 0 fully saturated rings. The number of para-hydroxylation sites is 2. The predicted molar refractivity (Wildman–Crippen MR) is 129 cm³/mol. The first-order valence-electron chi connectivity index (χ1n) is 10.7. The van der Waals surface area contributed by atoms with Crippen LogP contribution in [-0.2, 0) is 11.3 Å². The molecule has 0 radical (unpaired) electrons. The van der Waals surface area contributed by atoms with Crippen LogP contribution in [0.15, 0.2) is 66.7 Å². The smallest absolute Gasteiger partial charge is 0.414 e. The number of hydrogen-bond acceptors (Lipinski definition) is 5. The van der Waals surface area contributed by atoms with Gasteiger partial charge in [0, 0.05) is 17.7 Å². The average molecular weight is 443 g/mol. The quantitative estimate of drug-likeness (QED) is 0.268. The second-order valence-corrected chi connectivity index (χ2v) is 8.02. The summed E-state index contributed by atoms with van der Waals surface area (Å²) in [6, 6.07) is 20.9. The van der Waals surface area contributed by atoms with Crippen LogP contribution in [-0.4, -0.2) is 28.1 Å². The summed E-state index contributed by atoms with van der Waals surface area (Å²) in [7, 11) is 0. The van der Waals surface area contributed by atoms with Crippen molar-refractivity contribution in [2.75, 3.05) is 0 Å². The second-order valence-electron chi connectivity index (χ2n) is 8.02. The number of alkyl carbamates (subject to hydrolysis) is 1. The molecule has 168 valence electrons. The molecule has 3 aromatic carbocycles. The molecule has 1 aromatic heterocycles. The summed E-state index contributed by atoms with van der Waals surface area (Å²) in [4.78, 5) is 20.1. The van der Waals surface area contributed by atoms with Crippen LogP contribution >= 0.6 is 0 Å². The Hall–Kier alpha value is -4.13. The summed E-state index contributed by atoms with van der Waals surface area (Å²) in [5.74, 6) is 1.33. The van der Waals surface area contributed by atoms with Gasteiger partial charge >= 0.3 is 6.09 Å². The normalized spacial score (nSPS) is 10.9. The molecular weight excluding hydrogens is 416 g/mol. The number of amides is 1. The number of imidazole rings is 1. The lowest BCUT2D eigenvalue weighted by Gasteiger charge is -2.13. The van der Waals surface area contributed by atoms with Gasteiger partial charge in [0.2, 0.25) is 5.90 Å². The molecule has 0 spiro atoms. The number of aromatic amines is 1. The van der Waals surface area contributed by atoms with Crippen LogP contribution in [0, 0.1) is 12.3 Å². The maximum atomic E-state index is 12.2. The number of nitrogens with zero attached hydrogens (tertiary/aromatic N) is 1. The fourth-order valence-corrected chi connectivity index (χ4v) is 3.41. The minimum atomic E-state index is -0.679. The highest BCUT2D eigenvalue weighted by molar-refractivity contribution is 5.98. The highest BCUT2D eigenvalue weighted by atomic mass is 16.6. The van der Waals surface area contributed by atoms with Gasteiger partial charge in [-0.15, -0.1) is 0 Å². The van der Waals surface area contributed by atoms with Gasteiger partial charge in [-0.05, 0) is 62.2 Å². The molecule has 1 heterocycles. The van der Waals surface area contributed by atoms with Crippen molar-refractivity contribution in [2.24, 2.45) is 0 Å². The molecule has 0 aliphatic rings. The first-order valence-corrected chi connectivity index (χ1v) is 10.7. The van der Waals surface area contributed by atoms with Gasteiger partial charge < -0.3 is 19.8 Å². The SMILES string of the molecule is Cc1cc(C(=N)OC(=O)NCc2ccc(-c3nc4ccccc4[nH]3)cc2)ccc1OC(C)C. The summed E-state index contributed by atoms with van der Waals surface area (Å²) >= 11 is 0. The van der Waals surface area contributed by atoms with Crippen LogP contribution in [0.2, 0.25) is 0 Å². The lowest BCUT2D eigenvalue weighted by atomic mass is 10.1. The minimum absolute atomic E-state index is 0.0591. The van der Waals surface area contributed by atoms with Gasteiger partial charge in [-0.2, -0.15) is 0 Å². The molecule has 0 aliphatic heterocycles. The zero-order valence-electron chi connectivity index (χ0n) is 18.8. The Morgan fingerprint density at radius 1 is 1.09 bits per heavy atom. The van der Waals surface area contributed by atoms with Crippen molar-refractivity contribution >= 4 is 23.0 Å². The zero-order chi connectivity index (χ0) is 23.4. The van der Waals surface area contributed by atoms with E-state index in [4.69, 9.17) is 14.9 Å². The Morgan fingerprint density at radius 3 is 2.55 bits per heavy atom. The Bertz CT molecular complexity index is 1260. The Morgan fingerprint density at radius 2 is 1.85 bits per heavy atom. The maximum Gasteiger partial charge on any atom is 0.414 e. The van der Waals surface area contributed by atoms with Gasteiger partial charge in [-0.3, -0.25) is 5.41 Å². The van der Waals surface area contributed by atoms with Gasteiger partial charge in [0.05, 0.1) is 17.1 Å². The van der Waals surface area contributed by atoms with Crippen LogP contribution in [0.25, 0.3) is 22.4 Å². The third-order valence-corrected chi connectivity index (χ3v) is 5.05. The van der Waals surface area contributed by atoms with Crippen molar-refractivity contribution in [3.05, 3.63) is 83.4 Å². The fraction of sp³-hybridized carbons (Fsp3) is 0.192. The monoisotopic (exact) mass is 442 g/mol. The van der Waals surface area contributed by atoms with E-state index >= 15 is 0 Å². The van der Waals surface area contributed by atoms with Crippen LogP contribution < -0.4 is 10.1 Å². The Kier molecular flexibility index (Phi) is 6.40. The van der Waals surface area contributed by atoms with Crippen molar-refractivity contribution in [3.8, 4) is 17.1 Å². The van der Waals surface area contributed by atoms with E-state index < -0.39 is 6.09 Å². The van der Waals surface area contributed by atoms with Gasteiger partial charge in [-0.1, -0.05) is 36.4 Å². The van der Waals surface area contributed by atoms with E-state index in [-0.39, 0.29) is 18.5 Å². The standard InChI is InChI=1S/C26H26N4O3/c1-16(2)32-23-13-12-20(14-17(23)3)24(27)33-26(31)28-15-18-8-10-19(11-9-18)25-29-21-6-4-5-7-22(21)30-25/h4-14,16,27H,15H2,1-3H3,(H,28,31)(H,29,30). The highest BCUT2D eigenvalue weighted by Crippen LogP contribution is 2.22. The molecular formula is C26H26N4O3. The molecule has 0 atom stereocenters. The summed E-state index contributed by atoms with van der Waals surface area (Å²) in [5, 5.41) is 10.8. The van der Waals surface area contributed by atoms with Crippen molar-refractivity contribution in [3.63, 3.8) is 0 Å². The molecule has 3 N–H and O–H groups in total. The Labute approximate surface area is 192 Å². The van der Waals surface area contributed by atoms with Crippen molar-refractivity contribution < 1.29 is 14.3 Å². The summed E-state index contributed by atoms with van der Waals surface area (Å²) in [6.07, 6.45) is -0.620. The predicted octanol–water partition coefficient (Wildman–Crippen LogP) is 5.58. The number of aryl methyl sites for hydroxylation is 1. The van der Waals surface area contributed by atoms with Gasteiger partial charge in [0.1, 0.15) is 11.6 Å². The lowest BCUT2D eigenvalue weighted by Crippen LogP contribution is -2.26. The number of ether oxygens (including phenoxy) is 2. The van der Waals surface area contributed by atoms with Crippen LogP contribution in [0.3, 0.4) is 0 Å². The van der Waals surface area contributed by atoms with Crippen molar-refractivity contribution in [1.82, 2.24) is 15.3 Å². The van der Waals surface area contributed by atoms with Gasteiger partial charge in [0.15, 0.2) is 0 Å². The molecule has 7 nitrogen and oxygen atoms in total. The molecule has 7 heteroatoms. The zero-order valence-corrected chi connectivity index (χ0v) is 18.8. The second kappa shape index (κ2) is 9.56. The lowest BCUT2D eigenvalue weighted by molar-refractivity contribution is 0.196. The molecule has 33 heavy (non-hydrogen) atoms. The number of aromatic nitrogens is 2. The van der Waals surface area contributed by atoms with Gasteiger partial charge in [-0.25, -0.2) is 9.78 Å². The van der Waals surface area contributed by atoms with Crippen LogP contribution in [0.4, 0.5) is 4.79 Å². The minimum Gasteiger partial charge on any atom is -0.491 e. The number of fused-ring (bicyclic) bond motifs is 1. The largest absolute Gasteiger partial charge is 0.491 e. The number of H-pyrrole nitrogens is 1. The van der Waals surface area contributed by atoms with E-state index in [1.807, 2.05) is 69.3 Å². The molecule has 1 amide bonds. The Balaban J connectivity index is 1.32. The number of carbonyl (C=O) groups is 1. The first-order chi connectivity index (χ1) is 15.9. The molecule has 0 aliphatic carbocycles. The molecule has 0 saturated carbocycles. The highest BCUT2D eigenvalue weighted by Gasteiger charge is 2.12. The van der Waals surface area contributed by atoms with Crippen LogP contribution in [0.1, 0.15) is 30.5 Å². The summed E-state index contributed by atoms with van der Waals surface area (Å²) < 4.78 is 10.8. The molecule has 0 unspecified atom stereocenters. The van der Waals surface area contributed by atoms with E-state index in [0.29, 0.717) is 5.56 Å². The van der Waals surface area contributed by atoms with E-state index in [9.17, 15) is 4.79 Å². The third kappa shape index (κ3) is 5.38. The van der Waals surface area contributed by atoms with Crippen LogP contribution in [0.5, 0.6) is 5.75 Å². The number of nitrogens with one attached hydrogen (secondary N) is 3. The molecule has 0 bridgehead atoms. The summed E-state index contributed by atoms with van der Waals surface area (Å²) in [5.41, 5.74) is 5.15. The number of benzene rings is 3.